The van der Waals surface area contributed by atoms with Gasteiger partial charge in [-0.05, 0) is 18.9 Å². The largest absolute Gasteiger partial charge is 0.380 e. The molecule has 0 saturated heterocycles. The average Bonchev–Trinajstić information content (AvgIpc) is 2.69. The lowest BCUT2D eigenvalue weighted by atomic mass is 10.3. The number of hydrogen-bond donors (Lipinski definition) is 1. The van der Waals surface area contributed by atoms with Gasteiger partial charge in [0.2, 0.25) is 0 Å². The number of aryl methyl sites for hydroxylation is 2. The average molecular weight is 237 g/mol. The maximum Gasteiger partial charge on any atom is 0.0625 e. The van der Waals surface area contributed by atoms with Crippen molar-refractivity contribution in [2.75, 3.05) is 19.8 Å². The SMILES string of the molecule is C=CCCOCCNCc1cc(CC)nn1C. The molecule has 1 N–H and O–H groups in total. The topological polar surface area (TPSA) is 39.1 Å². The number of aromatic nitrogens is 2. The first-order valence-electron chi connectivity index (χ1n) is 6.19. The monoisotopic (exact) mass is 237 g/mol. The van der Waals surface area contributed by atoms with Gasteiger partial charge in [0, 0.05) is 20.1 Å². The van der Waals surface area contributed by atoms with Gasteiger partial charge in [0.15, 0.2) is 0 Å². The molecule has 96 valence electrons. The Morgan fingerprint density at radius 1 is 1.53 bits per heavy atom. The van der Waals surface area contributed by atoms with Gasteiger partial charge in [-0.2, -0.15) is 5.10 Å². The van der Waals surface area contributed by atoms with E-state index in [9.17, 15) is 0 Å². The summed E-state index contributed by atoms with van der Waals surface area (Å²) in [6.07, 6.45) is 3.77. The molecule has 0 radical (unpaired) electrons. The maximum absolute atomic E-state index is 5.41. The van der Waals surface area contributed by atoms with E-state index in [1.54, 1.807) is 0 Å². The van der Waals surface area contributed by atoms with Crippen LogP contribution in [-0.4, -0.2) is 29.5 Å². The highest BCUT2D eigenvalue weighted by atomic mass is 16.5. The minimum atomic E-state index is 0.742. The van der Waals surface area contributed by atoms with Gasteiger partial charge in [0.05, 0.1) is 24.6 Å². The summed E-state index contributed by atoms with van der Waals surface area (Å²) >= 11 is 0. The summed E-state index contributed by atoms with van der Waals surface area (Å²) in [5, 5.41) is 7.75. The van der Waals surface area contributed by atoms with Crippen molar-refractivity contribution in [3.63, 3.8) is 0 Å². The molecule has 1 heterocycles. The second-order valence-corrected chi connectivity index (χ2v) is 3.97. The van der Waals surface area contributed by atoms with Crippen molar-refractivity contribution in [3.05, 3.63) is 30.1 Å². The van der Waals surface area contributed by atoms with Crippen molar-refractivity contribution in [3.8, 4) is 0 Å². The molecule has 0 saturated carbocycles. The van der Waals surface area contributed by atoms with Crippen LogP contribution in [0.15, 0.2) is 18.7 Å². The Kier molecular flexibility index (Phi) is 6.58. The van der Waals surface area contributed by atoms with Gasteiger partial charge in [-0.3, -0.25) is 4.68 Å². The molecule has 0 amide bonds. The first-order chi connectivity index (χ1) is 8.27. The zero-order valence-corrected chi connectivity index (χ0v) is 10.9. The van der Waals surface area contributed by atoms with Gasteiger partial charge in [0.1, 0.15) is 0 Å². The van der Waals surface area contributed by atoms with E-state index in [-0.39, 0.29) is 0 Å². The smallest absolute Gasteiger partial charge is 0.0625 e. The van der Waals surface area contributed by atoms with Crippen LogP contribution in [0.25, 0.3) is 0 Å². The molecule has 1 aromatic heterocycles. The van der Waals surface area contributed by atoms with E-state index in [4.69, 9.17) is 4.74 Å². The van der Waals surface area contributed by atoms with E-state index in [2.05, 4.69) is 30.0 Å². The second kappa shape index (κ2) is 8.03. The highest BCUT2D eigenvalue weighted by Gasteiger charge is 2.02. The fourth-order valence-electron chi connectivity index (χ4n) is 1.54. The normalized spacial score (nSPS) is 10.7. The Labute approximate surface area is 104 Å². The van der Waals surface area contributed by atoms with Gasteiger partial charge in [0.25, 0.3) is 0 Å². The summed E-state index contributed by atoms with van der Waals surface area (Å²) in [5.74, 6) is 0. The number of hydrogen-bond acceptors (Lipinski definition) is 3. The summed E-state index contributed by atoms with van der Waals surface area (Å²) in [6.45, 7) is 8.98. The molecule has 0 aliphatic carbocycles. The Morgan fingerprint density at radius 3 is 3.00 bits per heavy atom. The molecule has 0 atom stereocenters. The van der Waals surface area contributed by atoms with E-state index in [0.29, 0.717) is 0 Å². The first kappa shape index (κ1) is 13.9. The number of rotatable bonds is 9. The van der Waals surface area contributed by atoms with Gasteiger partial charge in [-0.15, -0.1) is 6.58 Å². The minimum absolute atomic E-state index is 0.742. The lowest BCUT2D eigenvalue weighted by Crippen LogP contribution is -2.20. The molecule has 0 bridgehead atoms. The highest BCUT2D eigenvalue weighted by molar-refractivity contribution is 5.09. The fourth-order valence-corrected chi connectivity index (χ4v) is 1.54. The highest BCUT2D eigenvalue weighted by Crippen LogP contribution is 2.02. The predicted octanol–water partition coefficient (Wildman–Crippen LogP) is 1.66. The van der Waals surface area contributed by atoms with Gasteiger partial charge >= 0.3 is 0 Å². The van der Waals surface area contributed by atoms with Crippen LogP contribution in [0.4, 0.5) is 0 Å². The zero-order valence-electron chi connectivity index (χ0n) is 10.9. The molecule has 4 heteroatoms. The van der Waals surface area contributed by atoms with Gasteiger partial charge < -0.3 is 10.1 Å². The third-order valence-corrected chi connectivity index (χ3v) is 2.59. The molecule has 0 aromatic carbocycles. The van der Waals surface area contributed by atoms with Crippen LogP contribution in [0.3, 0.4) is 0 Å². The maximum atomic E-state index is 5.41. The second-order valence-electron chi connectivity index (χ2n) is 3.97. The molecule has 1 aromatic rings. The Morgan fingerprint density at radius 2 is 2.35 bits per heavy atom. The summed E-state index contributed by atoms with van der Waals surface area (Å²) in [7, 11) is 1.98. The molecule has 0 aliphatic heterocycles. The third-order valence-electron chi connectivity index (χ3n) is 2.59. The van der Waals surface area contributed by atoms with Crippen LogP contribution < -0.4 is 5.32 Å². The number of nitrogens with zero attached hydrogens (tertiary/aromatic N) is 2. The minimum Gasteiger partial charge on any atom is -0.380 e. The van der Waals surface area contributed by atoms with Gasteiger partial charge in [-0.1, -0.05) is 13.0 Å². The lowest BCUT2D eigenvalue weighted by Gasteiger charge is -2.05. The zero-order chi connectivity index (χ0) is 12.5. The van der Waals surface area contributed by atoms with E-state index >= 15 is 0 Å². The summed E-state index contributed by atoms with van der Waals surface area (Å²) in [5.41, 5.74) is 2.36. The molecule has 0 spiro atoms. The van der Waals surface area contributed by atoms with E-state index in [0.717, 1.165) is 44.8 Å². The van der Waals surface area contributed by atoms with E-state index < -0.39 is 0 Å². The molecular formula is C13H23N3O. The standard InChI is InChI=1S/C13H23N3O/c1-4-6-8-17-9-7-14-11-13-10-12(5-2)15-16(13)3/h4,10,14H,1,5-9,11H2,2-3H3. The molecule has 0 fully saturated rings. The molecule has 0 unspecified atom stereocenters. The molecule has 1 rings (SSSR count). The van der Waals surface area contributed by atoms with E-state index in [1.807, 2.05) is 17.8 Å². The van der Waals surface area contributed by atoms with Gasteiger partial charge in [-0.25, -0.2) is 0 Å². The molecule has 0 aliphatic rings. The van der Waals surface area contributed by atoms with Crippen LogP contribution in [0, 0.1) is 0 Å². The van der Waals surface area contributed by atoms with Crippen molar-refractivity contribution < 1.29 is 4.74 Å². The Bertz CT molecular complexity index is 333. The molecule has 4 nitrogen and oxygen atoms in total. The summed E-state index contributed by atoms with van der Waals surface area (Å²) in [4.78, 5) is 0. The first-order valence-corrected chi connectivity index (χ1v) is 6.19. The van der Waals surface area contributed by atoms with Crippen molar-refractivity contribution in [2.24, 2.45) is 7.05 Å². The van der Waals surface area contributed by atoms with Crippen molar-refractivity contribution in [1.29, 1.82) is 0 Å². The fraction of sp³-hybridized carbons (Fsp3) is 0.615. The van der Waals surface area contributed by atoms with Crippen LogP contribution in [0.2, 0.25) is 0 Å². The van der Waals surface area contributed by atoms with Crippen molar-refractivity contribution in [1.82, 2.24) is 15.1 Å². The van der Waals surface area contributed by atoms with Crippen molar-refractivity contribution in [2.45, 2.75) is 26.3 Å². The summed E-state index contributed by atoms with van der Waals surface area (Å²) < 4.78 is 7.35. The summed E-state index contributed by atoms with van der Waals surface area (Å²) in [6, 6.07) is 2.14. The quantitative estimate of drug-likeness (QED) is 0.524. The van der Waals surface area contributed by atoms with Crippen LogP contribution in [0.1, 0.15) is 24.7 Å². The third kappa shape index (κ3) is 5.15. The Hall–Kier alpha value is -1.13. The van der Waals surface area contributed by atoms with E-state index in [1.165, 1.54) is 5.69 Å². The predicted molar refractivity (Wildman–Crippen MR) is 69.9 cm³/mol. The van der Waals surface area contributed by atoms with Crippen LogP contribution >= 0.6 is 0 Å². The Balaban J connectivity index is 2.13. The molecular weight excluding hydrogens is 214 g/mol. The van der Waals surface area contributed by atoms with Crippen LogP contribution in [-0.2, 0) is 24.8 Å². The number of ether oxygens (including phenoxy) is 1. The molecule has 17 heavy (non-hydrogen) atoms. The number of nitrogens with one attached hydrogen (secondary N) is 1. The van der Waals surface area contributed by atoms with Crippen molar-refractivity contribution >= 4 is 0 Å². The van der Waals surface area contributed by atoms with Crippen LogP contribution in [0.5, 0.6) is 0 Å². The lowest BCUT2D eigenvalue weighted by molar-refractivity contribution is 0.140.